The molecule has 0 bridgehead atoms. The third-order valence-electron chi connectivity index (χ3n) is 3.59. The second kappa shape index (κ2) is 8.82. The van der Waals surface area contributed by atoms with Crippen LogP contribution in [0, 0.1) is 0 Å². The van der Waals surface area contributed by atoms with Crippen LogP contribution in [0.15, 0.2) is 17.1 Å². The van der Waals surface area contributed by atoms with Gasteiger partial charge in [-0.25, -0.2) is 0 Å². The molecule has 0 atom stereocenters. The number of nitrogens with one attached hydrogen (secondary N) is 2. The van der Waals surface area contributed by atoms with Gasteiger partial charge in [0.05, 0.1) is 5.02 Å². The first kappa shape index (κ1) is 18.4. The third-order valence-corrected chi connectivity index (χ3v) is 3.87. The molecule has 1 aromatic carbocycles. The number of nitrogens with zero attached hydrogens (tertiary/aromatic N) is 1. The van der Waals surface area contributed by atoms with Crippen molar-refractivity contribution in [3.63, 3.8) is 0 Å². The Morgan fingerprint density at radius 1 is 1.30 bits per heavy atom. The van der Waals surface area contributed by atoms with E-state index in [1.54, 1.807) is 0 Å². The highest BCUT2D eigenvalue weighted by molar-refractivity contribution is 14.0. The number of aliphatic imine (C=N–C) groups is 1. The van der Waals surface area contributed by atoms with Crippen LogP contribution in [-0.2, 0) is 6.42 Å². The van der Waals surface area contributed by atoms with E-state index >= 15 is 0 Å². The first-order chi connectivity index (χ1) is 10.8. The molecule has 23 heavy (non-hydrogen) atoms. The Bertz CT molecular complexity index is 565. The van der Waals surface area contributed by atoms with Crippen molar-refractivity contribution in [3.8, 4) is 11.5 Å². The molecule has 0 unspecified atom stereocenters. The maximum atomic E-state index is 6.25. The summed E-state index contributed by atoms with van der Waals surface area (Å²) < 4.78 is 11.1. The molecule has 0 radical (unpaired) electrons. The number of fused-ring (bicyclic) bond motifs is 1. The number of guanidine groups is 1. The Hall–Kier alpha value is -0.890. The average molecular weight is 452 g/mol. The zero-order chi connectivity index (χ0) is 15.4. The van der Waals surface area contributed by atoms with Gasteiger partial charge in [-0.05, 0) is 43.9 Å². The van der Waals surface area contributed by atoms with E-state index in [9.17, 15) is 0 Å². The van der Waals surface area contributed by atoms with Gasteiger partial charge in [-0.3, -0.25) is 4.99 Å². The lowest BCUT2D eigenvalue weighted by atomic mass is 10.1. The van der Waals surface area contributed by atoms with Crippen LogP contribution in [0.3, 0.4) is 0 Å². The van der Waals surface area contributed by atoms with Gasteiger partial charge in [-0.1, -0.05) is 11.6 Å². The van der Waals surface area contributed by atoms with Crippen LogP contribution < -0.4 is 20.1 Å². The molecule has 1 aromatic rings. The lowest BCUT2D eigenvalue weighted by Gasteiger charge is -2.20. The van der Waals surface area contributed by atoms with Crippen molar-refractivity contribution < 1.29 is 9.47 Å². The maximum absolute atomic E-state index is 6.25. The fraction of sp³-hybridized carbons (Fsp3) is 0.562. The van der Waals surface area contributed by atoms with Gasteiger partial charge in [-0.2, -0.15) is 0 Å². The largest absolute Gasteiger partial charge is 0.486 e. The van der Waals surface area contributed by atoms with E-state index in [0.29, 0.717) is 36.6 Å². The molecule has 7 heteroatoms. The molecule has 0 saturated heterocycles. The van der Waals surface area contributed by atoms with E-state index in [4.69, 9.17) is 21.1 Å². The van der Waals surface area contributed by atoms with Crippen molar-refractivity contribution in [1.29, 1.82) is 0 Å². The van der Waals surface area contributed by atoms with Crippen molar-refractivity contribution in [1.82, 2.24) is 10.6 Å². The molecule has 2 N–H and O–H groups in total. The minimum atomic E-state index is 0. The van der Waals surface area contributed by atoms with Crippen molar-refractivity contribution in [3.05, 3.63) is 22.7 Å². The minimum Gasteiger partial charge on any atom is -0.486 e. The first-order valence-electron chi connectivity index (χ1n) is 7.89. The van der Waals surface area contributed by atoms with E-state index in [2.05, 4.69) is 22.5 Å². The lowest BCUT2D eigenvalue weighted by Crippen LogP contribution is -2.38. The van der Waals surface area contributed by atoms with Crippen molar-refractivity contribution >= 4 is 41.5 Å². The summed E-state index contributed by atoms with van der Waals surface area (Å²) in [6.07, 6.45) is 3.29. The molecule has 1 fully saturated rings. The SMILES string of the molecule is CCNC(=NCCc1cc(Cl)c2c(c1)OCCO2)NC1CC1.I. The number of hydrogen-bond donors (Lipinski definition) is 2. The number of hydrogen-bond acceptors (Lipinski definition) is 3. The van der Waals surface area contributed by atoms with Crippen LogP contribution in [0.5, 0.6) is 11.5 Å². The number of ether oxygens (including phenoxy) is 2. The fourth-order valence-electron chi connectivity index (χ4n) is 2.35. The zero-order valence-corrected chi connectivity index (χ0v) is 16.3. The predicted octanol–water partition coefficient (Wildman–Crippen LogP) is 2.99. The zero-order valence-electron chi connectivity index (χ0n) is 13.2. The molecule has 1 saturated carbocycles. The standard InChI is InChI=1S/C16H22ClN3O2.HI/c1-2-18-16(20-12-3-4-12)19-6-5-11-9-13(17)15-14(10-11)21-7-8-22-15;/h9-10,12H,2-8H2,1H3,(H2,18,19,20);1H. The van der Waals surface area contributed by atoms with E-state index in [1.807, 2.05) is 12.1 Å². The lowest BCUT2D eigenvalue weighted by molar-refractivity contribution is 0.171. The van der Waals surface area contributed by atoms with Crippen molar-refractivity contribution in [2.24, 2.45) is 4.99 Å². The summed E-state index contributed by atoms with van der Waals surface area (Å²) in [6, 6.07) is 4.53. The van der Waals surface area contributed by atoms with Crippen LogP contribution in [0.25, 0.3) is 0 Å². The Balaban J connectivity index is 0.00000192. The van der Waals surface area contributed by atoms with E-state index < -0.39 is 0 Å². The Labute approximate surface area is 159 Å². The summed E-state index contributed by atoms with van der Waals surface area (Å²) in [5, 5.41) is 7.29. The van der Waals surface area contributed by atoms with Crippen LogP contribution in [-0.4, -0.2) is 38.3 Å². The molecule has 1 heterocycles. The summed E-state index contributed by atoms with van der Waals surface area (Å²) in [6.45, 7) is 4.77. The number of benzene rings is 1. The average Bonchev–Trinajstić information content (AvgIpc) is 3.31. The molecule has 1 aliphatic heterocycles. The highest BCUT2D eigenvalue weighted by Gasteiger charge is 2.22. The molecular formula is C16H23ClIN3O2. The van der Waals surface area contributed by atoms with Gasteiger partial charge in [0.25, 0.3) is 0 Å². The molecule has 0 aromatic heterocycles. The van der Waals surface area contributed by atoms with Crippen molar-refractivity contribution in [2.45, 2.75) is 32.2 Å². The molecule has 1 aliphatic carbocycles. The van der Waals surface area contributed by atoms with Gasteiger partial charge < -0.3 is 20.1 Å². The van der Waals surface area contributed by atoms with Crippen LogP contribution in [0.4, 0.5) is 0 Å². The monoisotopic (exact) mass is 451 g/mol. The Morgan fingerprint density at radius 3 is 2.83 bits per heavy atom. The topological polar surface area (TPSA) is 54.9 Å². The highest BCUT2D eigenvalue weighted by atomic mass is 127. The molecule has 0 amide bonds. The summed E-state index contributed by atoms with van der Waals surface area (Å²) in [4.78, 5) is 4.61. The molecule has 2 aliphatic rings. The van der Waals surface area contributed by atoms with E-state index in [-0.39, 0.29) is 24.0 Å². The number of rotatable bonds is 5. The van der Waals surface area contributed by atoms with Crippen LogP contribution >= 0.6 is 35.6 Å². The van der Waals surface area contributed by atoms with Gasteiger partial charge in [-0.15, -0.1) is 24.0 Å². The van der Waals surface area contributed by atoms with Crippen molar-refractivity contribution in [2.75, 3.05) is 26.3 Å². The van der Waals surface area contributed by atoms with Gasteiger partial charge in [0.15, 0.2) is 17.5 Å². The smallest absolute Gasteiger partial charge is 0.191 e. The predicted molar refractivity (Wildman–Crippen MR) is 104 cm³/mol. The normalized spacial score (nSPS) is 16.5. The molecule has 3 rings (SSSR count). The summed E-state index contributed by atoms with van der Waals surface area (Å²) >= 11 is 6.25. The van der Waals surface area contributed by atoms with E-state index in [0.717, 1.165) is 30.2 Å². The maximum Gasteiger partial charge on any atom is 0.191 e. The molecule has 0 spiro atoms. The molecule has 128 valence electrons. The van der Waals surface area contributed by atoms with Gasteiger partial charge >= 0.3 is 0 Å². The summed E-state index contributed by atoms with van der Waals surface area (Å²) in [5.74, 6) is 2.29. The quantitative estimate of drug-likeness (QED) is 0.411. The number of halogens is 2. The summed E-state index contributed by atoms with van der Waals surface area (Å²) in [7, 11) is 0. The third kappa shape index (κ3) is 5.31. The fourth-order valence-corrected chi connectivity index (χ4v) is 2.63. The first-order valence-corrected chi connectivity index (χ1v) is 8.27. The Morgan fingerprint density at radius 2 is 2.09 bits per heavy atom. The van der Waals surface area contributed by atoms with Gasteiger partial charge in [0.1, 0.15) is 13.2 Å². The van der Waals surface area contributed by atoms with Gasteiger partial charge in [0, 0.05) is 19.1 Å². The minimum absolute atomic E-state index is 0. The summed E-state index contributed by atoms with van der Waals surface area (Å²) in [5.41, 5.74) is 1.11. The molecule has 5 nitrogen and oxygen atoms in total. The highest BCUT2D eigenvalue weighted by Crippen LogP contribution is 2.38. The Kier molecular flexibility index (Phi) is 7.08. The van der Waals surface area contributed by atoms with Gasteiger partial charge in [0.2, 0.25) is 0 Å². The second-order valence-corrected chi connectivity index (χ2v) is 5.94. The molecular weight excluding hydrogens is 429 g/mol. The van der Waals surface area contributed by atoms with E-state index in [1.165, 1.54) is 12.8 Å². The van der Waals surface area contributed by atoms with Crippen LogP contribution in [0.2, 0.25) is 5.02 Å². The second-order valence-electron chi connectivity index (χ2n) is 5.53. The van der Waals surface area contributed by atoms with Crippen LogP contribution in [0.1, 0.15) is 25.3 Å².